The fourth-order valence-corrected chi connectivity index (χ4v) is 2.01. The van der Waals surface area contributed by atoms with Crippen LogP contribution in [0.3, 0.4) is 0 Å². The van der Waals surface area contributed by atoms with Gasteiger partial charge in [-0.05, 0) is 32.0 Å². The summed E-state index contributed by atoms with van der Waals surface area (Å²) in [6.45, 7) is 3.77. The molecule has 2 aromatic rings. The van der Waals surface area contributed by atoms with Gasteiger partial charge in [0.2, 0.25) is 0 Å². The van der Waals surface area contributed by atoms with Crippen molar-refractivity contribution in [1.29, 1.82) is 0 Å². The number of benzene rings is 1. The number of likely N-dealkylation sites (N-methyl/N-ethyl adjacent to an activating group) is 1. The van der Waals surface area contributed by atoms with Crippen LogP contribution < -0.4 is 4.90 Å². The maximum absolute atomic E-state index is 11.1. The Labute approximate surface area is 116 Å². The normalized spacial score (nSPS) is 11.6. The zero-order valence-corrected chi connectivity index (χ0v) is 11.7. The Balaban J connectivity index is 2.68. The zero-order chi connectivity index (χ0) is 14.9. The van der Waals surface area contributed by atoms with E-state index in [1.54, 1.807) is 18.2 Å². The van der Waals surface area contributed by atoms with E-state index < -0.39 is 10.5 Å². The molecular weight excluding hydrogens is 258 g/mol. The number of hydrogen-bond donors (Lipinski definition) is 1. The molecule has 0 radical (unpaired) electrons. The fraction of sp³-hybridized carbons (Fsp3) is 0.357. The summed E-state index contributed by atoms with van der Waals surface area (Å²) >= 11 is 0. The van der Waals surface area contributed by atoms with Crippen LogP contribution in [0.1, 0.15) is 13.8 Å². The minimum atomic E-state index is -0.473. The Bertz CT molecular complexity index is 655. The number of nitro benzene ring substituents is 1. The predicted molar refractivity (Wildman–Crippen MR) is 78.0 cm³/mol. The molecule has 0 aliphatic heterocycles. The lowest BCUT2D eigenvalue weighted by Crippen LogP contribution is -2.44. The van der Waals surface area contributed by atoms with Crippen molar-refractivity contribution in [2.45, 2.75) is 19.4 Å². The van der Waals surface area contributed by atoms with Gasteiger partial charge in [-0.25, -0.2) is 4.98 Å². The van der Waals surface area contributed by atoms with Crippen molar-refractivity contribution >= 4 is 22.3 Å². The standard InChI is InChI=1S/C14H17N3O3/c1-14(2,9-18)16(3)11-6-7-12(17(19)20)13-10(11)5-4-8-15-13/h4-8,18H,9H2,1-3H3. The van der Waals surface area contributed by atoms with Crippen LogP contribution in [0.4, 0.5) is 11.4 Å². The average molecular weight is 275 g/mol. The van der Waals surface area contributed by atoms with E-state index >= 15 is 0 Å². The van der Waals surface area contributed by atoms with Gasteiger partial charge >= 0.3 is 0 Å². The minimum Gasteiger partial charge on any atom is -0.394 e. The van der Waals surface area contributed by atoms with Crippen LogP contribution in [0.2, 0.25) is 0 Å². The number of non-ortho nitro benzene ring substituents is 1. The number of aliphatic hydroxyl groups is 1. The van der Waals surface area contributed by atoms with E-state index in [0.717, 1.165) is 5.69 Å². The van der Waals surface area contributed by atoms with E-state index in [-0.39, 0.29) is 12.3 Å². The maximum atomic E-state index is 11.1. The summed E-state index contributed by atoms with van der Waals surface area (Å²) < 4.78 is 0. The number of anilines is 1. The monoisotopic (exact) mass is 275 g/mol. The molecule has 6 nitrogen and oxygen atoms in total. The van der Waals surface area contributed by atoms with Crippen molar-refractivity contribution in [1.82, 2.24) is 4.98 Å². The van der Waals surface area contributed by atoms with Gasteiger partial charge in [-0.1, -0.05) is 0 Å². The number of pyridine rings is 1. The molecule has 0 saturated carbocycles. The molecule has 1 aromatic heterocycles. The molecule has 0 amide bonds. The number of hydrogen-bond acceptors (Lipinski definition) is 5. The summed E-state index contributed by atoms with van der Waals surface area (Å²) in [5.74, 6) is 0. The lowest BCUT2D eigenvalue weighted by atomic mass is 10.0. The van der Waals surface area contributed by atoms with Crippen molar-refractivity contribution < 1.29 is 10.0 Å². The molecule has 20 heavy (non-hydrogen) atoms. The summed E-state index contributed by atoms with van der Waals surface area (Å²) in [6.07, 6.45) is 1.54. The quantitative estimate of drug-likeness (QED) is 0.684. The second-order valence-electron chi connectivity index (χ2n) is 5.29. The summed E-state index contributed by atoms with van der Waals surface area (Å²) in [6, 6.07) is 6.69. The molecule has 1 N–H and O–H groups in total. The molecule has 0 spiro atoms. The van der Waals surface area contributed by atoms with Crippen molar-refractivity contribution in [3.63, 3.8) is 0 Å². The highest BCUT2D eigenvalue weighted by Crippen LogP contribution is 2.34. The van der Waals surface area contributed by atoms with Crippen LogP contribution in [0, 0.1) is 10.1 Å². The molecule has 0 saturated heterocycles. The van der Waals surface area contributed by atoms with Gasteiger partial charge < -0.3 is 10.0 Å². The van der Waals surface area contributed by atoms with Gasteiger partial charge in [0, 0.05) is 30.4 Å². The lowest BCUT2D eigenvalue weighted by Gasteiger charge is -2.36. The van der Waals surface area contributed by atoms with Crippen LogP contribution in [-0.4, -0.2) is 34.2 Å². The fourth-order valence-electron chi connectivity index (χ4n) is 2.01. The highest BCUT2D eigenvalue weighted by Gasteiger charge is 2.26. The Hall–Kier alpha value is -2.21. The third-order valence-corrected chi connectivity index (χ3v) is 3.58. The topological polar surface area (TPSA) is 79.5 Å². The summed E-state index contributed by atoms with van der Waals surface area (Å²) in [4.78, 5) is 16.7. The van der Waals surface area contributed by atoms with E-state index in [1.807, 2.05) is 25.8 Å². The van der Waals surface area contributed by atoms with E-state index in [9.17, 15) is 15.2 Å². The van der Waals surface area contributed by atoms with Gasteiger partial charge in [0.25, 0.3) is 5.69 Å². The first-order valence-corrected chi connectivity index (χ1v) is 6.25. The van der Waals surface area contributed by atoms with E-state index in [4.69, 9.17) is 0 Å². The van der Waals surface area contributed by atoms with Gasteiger partial charge in [-0.15, -0.1) is 0 Å². The Morgan fingerprint density at radius 1 is 1.40 bits per heavy atom. The number of aromatic nitrogens is 1. The molecule has 0 bridgehead atoms. The summed E-state index contributed by atoms with van der Waals surface area (Å²) in [5.41, 5.74) is 0.673. The molecule has 0 atom stereocenters. The molecule has 0 aliphatic rings. The van der Waals surface area contributed by atoms with Crippen molar-refractivity contribution in [3.8, 4) is 0 Å². The largest absolute Gasteiger partial charge is 0.394 e. The lowest BCUT2D eigenvalue weighted by molar-refractivity contribution is -0.383. The highest BCUT2D eigenvalue weighted by atomic mass is 16.6. The van der Waals surface area contributed by atoms with Crippen molar-refractivity contribution in [2.24, 2.45) is 0 Å². The molecular formula is C14H17N3O3. The molecule has 1 heterocycles. The van der Waals surface area contributed by atoms with Crippen molar-refractivity contribution in [2.75, 3.05) is 18.6 Å². The Kier molecular flexibility index (Phi) is 3.59. The third-order valence-electron chi connectivity index (χ3n) is 3.58. The SMILES string of the molecule is CN(c1ccc([N+](=O)[O-])c2ncccc12)C(C)(C)CO. The van der Waals surface area contributed by atoms with Crippen LogP contribution in [-0.2, 0) is 0 Å². The van der Waals surface area contributed by atoms with Crippen LogP contribution in [0.25, 0.3) is 10.9 Å². The van der Waals surface area contributed by atoms with Gasteiger partial charge in [0.1, 0.15) is 5.52 Å². The molecule has 0 unspecified atom stereocenters. The molecule has 1 aromatic carbocycles. The summed E-state index contributed by atoms with van der Waals surface area (Å²) in [7, 11) is 1.85. The second-order valence-corrected chi connectivity index (χ2v) is 5.29. The third kappa shape index (κ3) is 2.30. The predicted octanol–water partition coefficient (Wildman–Crippen LogP) is 2.35. The molecule has 0 aliphatic carbocycles. The average Bonchev–Trinajstić information content (AvgIpc) is 2.45. The van der Waals surface area contributed by atoms with Gasteiger partial charge in [0.05, 0.1) is 17.1 Å². The number of nitro groups is 1. The van der Waals surface area contributed by atoms with Crippen LogP contribution in [0.15, 0.2) is 30.5 Å². The minimum absolute atomic E-state index is 0.0143. The van der Waals surface area contributed by atoms with E-state index in [2.05, 4.69) is 4.98 Å². The first kappa shape index (κ1) is 14.2. The van der Waals surface area contributed by atoms with Gasteiger partial charge in [-0.2, -0.15) is 0 Å². The van der Waals surface area contributed by atoms with Crippen molar-refractivity contribution in [3.05, 3.63) is 40.6 Å². The molecule has 2 rings (SSSR count). The number of nitrogens with zero attached hydrogens (tertiary/aromatic N) is 3. The number of aliphatic hydroxyl groups excluding tert-OH is 1. The van der Waals surface area contributed by atoms with Gasteiger partial charge in [0.15, 0.2) is 0 Å². The maximum Gasteiger partial charge on any atom is 0.295 e. The van der Waals surface area contributed by atoms with Crippen LogP contribution in [0.5, 0.6) is 0 Å². The van der Waals surface area contributed by atoms with Crippen LogP contribution >= 0.6 is 0 Å². The first-order chi connectivity index (χ1) is 9.38. The van der Waals surface area contributed by atoms with E-state index in [0.29, 0.717) is 10.9 Å². The van der Waals surface area contributed by atoms with E-state index in [1.165, 1.54) is 12.3 Å². The molecule has 0 fully saturated rings. The Morgan fingerprint density at radius 3 is 2.70 bits per heavy atom. The Morgan fingerprint density at radius 2 is 2.10 bits per heavy atom. The van der Waals surface area contributed by atoms with Gasteiger partial charge in [-0.3, -0.25) is 10.1 Å². The summed E-state index contributed by atoms with van der Waals surface area (Å²) in [5, 5.41) is 21.2. The number of rotatable bonds is 4. The zero-order valence-electron chi connectivity index (χ0n) is 11.7. The number of fused-ring (bicyclic) bond motifs is 1. The molecule has 6 heteroatoms. The highest BCUT2D eigenvalue weighted by molar-refractivity contribution is 5.97. The first-order valence-electron chi connectivity index (χ1n) is 6.25. The second kappa shape index (κ2) is 5.05. The smallest absolute Gasteiger partial charge is 0.295 e. The molecule has 106 valence electrons.